The summed E-state index contributed by atoms with van der Waals surface area (Å²) < 4.78 is 0. The number of Topliss-reactive ketones (excluding diaryl/α,β-unsaturated/α-hetero) is 1. The minimum absolute atomic E-state index is 0.107. The van der Waals surface area contributed by atoms with Crippen LogP contribution in [0, 0.1) is 17.0 Å². The summed E-state index contributed by atoms with van der Waals surface area (Å²) >= 11 is 0. The van der Waals surface area contributed by atoms with Gasteiger partial charge in [0.15, 0.2) is 5.78 Å². The fourth-order valence-corrected chi connectivity index (χ4v) is 1.22. The summed E-state index contributed by atoms with van der Waals surface area (Å²) in [6.07, 6.45) is 0. The van der Waals surface area contributed by atoms with E-state index in [2.05, 4.69) is 0 Å². The third kappa shape index (κ3) is 2.10. The number of phenolic OH excluding ortho intramolecular Hbond substituents is 1. The number of nitro groups is 1. The minimum atomic E-state index is -0.740. The van der Waals surface area contributed by atoms with Crippen molar-refractivity contribution < 1.29 is 14.8 Å². The SMILES string of the molecule is Cc1cc(C(=O)CN)c(O)c([N+](=O)[O-])c1. The maximum atomic E-state index is 11.3. The summed E-state index contributed by atoms with van der Waals surface area (Å²) in [5, 5.41) is 20.0. The fourth-order valence-electron chi connectivity index (χ4n) is 1.22. The Balaban J connectivity index is 3.41. The lowest BCUT2D eigenvalue weighted by molar-refractivity contribution is -0.385. The largest absolute Gasteiger partial charge is 0.502 e. The number of ketones is 1. The average molecular weight is 210 g/mol. The summed E-state index contributed by atoms with van der Waals surface area (Å²) in [5.74, 6) is -1.15. The lowest BCUT2D eigenvalue weighted by Gasteiger charge is -2.04. The van der Waals surface area contributed by atoms with E-state index >= 15 is 0 Å². The summed E-state index contributed by atoms with van der Waals surface area (Å²) in [4.78, 5) is 21.1. The fraction of sp³-hybridized carbons (Fsp3) is 0.222. The Hall–Kier alpha value is -1.95. The van der Waals surface area contributed by atoms with Crippen molar-refractivity contribution in [1.82, 2.24) is 0 Å². The first-order valence-electron chi connectivity index (χ1n) is 4.18. The summed E-state index contributed by atoms with van der Waals surface area (Å²) in [6, 6.07) is 2.57. The first-order chi connectivity index (χ1) is 6.97. The van der Waals surface area contributed by atoms with Crippen molar-refractivity contribution in [2.75, 3.05) is 6.54 Å². The number of rotatable bonds is 3. The molecule has 6 nitrogen and oxygen atoms in total. The van der Waals surface area contributed by atoms with E-state index in [1.54, 1.807) is 6.92 Å². The molecule has 15 heavy (non-hydrogen) atoms. The second kappa shape index (κ2) is 4.05. The van der Waals surface area contributed by atoms with E-state index in [0.29, 0.717) is 5.56 Å². The van der Waals surface area contributed by atoms with Crippen LogP contribution in [-0.4, -0.2) is 22.4 Å². The number of hydrogen-bond acceptors (Lipinski definition) is 5. The summed E-state index contributed by atoms with van der Waals surface area (Å²) in [6.45, 7) is 1.30. The molecule has 3 N–H and O–H groups in total. The molecule has 0 heterocycles. The molecule has 0 aliphatic carbocycles. The van der Waals surface area contributed by atoms with Gasteiger partial charge in [-0.15, -0.1) is 0 Å². The van der Waals surface area contributed by atoms with E-state index in [9.17, 15) is 20.0 Å². The van der Waals surface area contributed by atoms with E-state index in [1.165, 1.54) is 12.1 Å². The Morgan fingerprint density at radius 3 is 2.67 bits per heavy atom. The zero-order valence-corrected chi connectivity index (χ0v) is 8.06. The van der Waals surface area contributed by atoms with E-state index in [4.69, 9.17) is 5.73 Å². The number of nitro benzene ring substituents is 1. The topological polar surface area (TPSA) is 106 Å². The van der Waals surface area contributed by atoms with Gasteiger partial charge < -0.3 is 10.8 Å². The molecule has 0 fully saturated rings. The summed E-state index contributed by atoms with van der Waals surface area (Å²) in [5.41, 5.74) is 5.06. The number of aromatic hydroxyl groups is 1. The third-order valence-corrected chi connectivity index (χ3v) is 1.92. The number of carbonyl (C=O) groups excluding carboxylic acids is 1. The zero-order valence-electron chi connectivity index (χ0n) is 8.06. The molecule has 1 aromatic carbocycles. The highest BCUT2D eigenvalue weighted by Crippen LogP contribution is 2.31. The monoisotopic (exact) mass is 210 g/mol. The number of nitrogens with two attached hydrogens (primary N) is 1. The first-order valence-corrected chi connectivity index (χ1v) is 4.18. The minimum Gasteiger partial charge on any atom is -0.502 e. The Labute approximate surface area is 85.5 Å². The Morgan fingerprint density at radius 1 is 1.60 bits per heavy atom. The van der Waals surface area contributed by atoms with Gasteiger partial charge in [-0.2, -0.15) is 0 Å². The van der Waals surface area contributed by atoms with Gasteiger partial charge in [0.2, 0.25) is 5.75 Å². The number of benzene rings is 1. The van der Waals surface area contributed by atoms with E-state index in [0.717, 1.165) is 0 Å². The molecule has 0 aromatic heterocycles. The van der Waals surface area contributed by atoms with Crippen LogP contribution in [0.5, 0.6) is 5.75 Å². The molecule has 1 aromatic rings. The molecule has 0 saturated carbocycles. The van der Waals surface area contributed by atoms with Gasteiger partial charge in [-0.05, 0) is 18.6 Å². The van der Waals surface area contributed by atoms with Gasteiger partial charge in [-0.1, -0.05) is 0 Å². The molecule has 0 amide bonds. The highest BCUT2D eigenvalue weighted by atomic mass is 16.6. The average Bonchev–Trinajstić information content (AvgIpc) is 2.19. The summed E-state index contributed by atoms with van der Waals surface area (Å²) in [7, 11) is 0. The predicted octanol–water partition coefficient (Wildman–Crippen LogP) is 0.750. The van der Waals surface area contributed by atoms with Crippen molar-refractivity contribution in [2.45, 2.75) is 6.92 Å². The Bertz CT molecular complexity index is 428. The van der Waals surface area contributed by atoms with Crippen LogP contribution in [0.3, 0.4) is 0 Å². The normalized spacial score (nSPS) is 10.0. The molecule has 0 atom stereocenters. The molecule has 0 saturated heterocycles. The molecular weight excluding hydrogens is 200 g/mol. The van der Waals surface area contributed by atoms with Crippen LogP contribution in [0.25, 0.3) is 0 Å². The predicted molar refractivity (Wildman–Crippen MR) is 52.9 cm³/mol. The highest BCUT2D eigenvalue weighted by Gasteiger charge is 2.21. The number of nitrogens with zero attached hydrogens (tertiary/aromatic N) is 1. The van der Waals surface area contributed by atoms with Crippen molar-refractivity contribution in [2.24, 2.45) is 5.73 Å². The molecule has 0 radical (unpaired) electrons. The lowest BCUT2D eigenvalue weighted by atomic mass is 10.1. The van der Waals surface area contributed by atoms with Crippen LogP contribution in [0.1, 0.15) is 15.9 Å². The molecular formula is C9H10N2O4. The van der Waals surface area contributed by atoms with E-state index in [-0.39, 0.29) is 12.1 Å². The second-order valence-corrected chi connectivity index (χ2v) is 3.06. The van der Waals surface area contributed by atoms with Crippen molar-refractivity contribution in [3.63, 3.8) is 0 Å². The second-order valence-electron chi connectivity index (χ2n) is 3.06. The van der Waals surface area contributed by atoms with Crippen LogP contribution >= 0.6 is 0 Å². The number of aryl methyl sites for hydroxylation is 1. The molecule has 0 bridgehead atoms. The van der Waals surface area contributed by atoms with E-state index < -0.39 is 22.1 Å². The highest BCUT2D eigenvalue weighted by molar-refractivity contribution is 6.01. The molecule has 0 spiro atoms. The van der Waals surface area contributed by atoms with Gasteiger partial charge in [0.25, 0.3) is 0 Å². The van der Waals surface area contributed by atoms with Gasteiger partial charge in [-0.3, -0.25) is 14.9 Å². The van der Waals surface area contributed by atoms with Gasteiger partial charge in [-0.25, -0.2) is 0 Å². The van der Waals surface area contributed by atoms with Crippen LogP contribution < -0.4 is 5.73 Å². The van der Waals surface area contributed by atoms with Gasteiger partial charge in [0.1, 0.15) is 0 Å². The third-order valence-electron chi connectivity index (χ3n) is 1.92. The van der Waals surface area contributed by atoms with Crippen LogP contribution in [0.15, 0.2) is 12.1 Å². The maximum absolute atomic E-state index is 11.3. The number of carbonyl (C=O) groups is 1. The van der Waals surface area contributed by atoms with Crippen molar-refractivity contribution in [3.05, 3.63) is 33.4 Å². The van der Waals surface area contributed by atoms with Crippen LogP contribution in [-0.2, 0) is 0 Å². The molecule has 0 aliphatic rings. The maximum Gasteiger partial charge on any atom is 0.311 e. The van der Waals surface area contributed by atoms with Crippen LogP contribution in [0.2, 0.25) is 0 Å². The van der Waals surface area contributed by atoms with Crippen molar-refractivity contribution >= 4 is 11.5 Å². The van der Waals surface area contributed by atoms with Gasteiger partial charge in [0, 0.05) is 6.07 Å². The smallest absolute Gasteiger partial charge is 0.311 e. The number of hydrogen-bond donors (Lipinski definition) is 2. The molecule has 80 valence electrons. The van der Waals surface area contributed by atoms with Crippen molar-refractivity contribution in [1.29, 1.82) is 0 Å². The Morgan fingerprint density at radius 2 is 2.20 bits per heavy atom. The zero-order chi connectivity index (χ0) is 11.6. The van der Waals surface area contributed by atoms with Crippen LogP contribution in [0.4, 0.5) is 5.69 Å². The molecule has 0 unspecified atom stereocenters. The lowest BCUT2D eigenvalue weighted by Crippen LogP contribution is -2.14. The molecule has 1 rings (SSSR count). The molecule has 6 heteroatoms. The van der Waals surface area contributed by atoms with Crippen molar-refractivity contribution in [3.8, 4) is 5.75 Å². The quantitative estimate of drug-likeness (QED) is 0.435. The van der Waals surface area contributed by atoms with E-state index in [1.807, 2.05) is 0 Å². The standard InChI is InChI=1S/C9H10N2O4/c1-5-2-6(8(12)4-10)9(13)7(3-5)11(14)15/h2-3,13H,4,10H2,1H3. The Kier molecular flexibility index (Phi) is 3.01. The van der Waals surface area contributed by atoms with Gasteiger partial charge >= 0.3 is 5.69 Å². The number of phenols is 1. The first kappa shape index (κ1) is 11.1. The van der Waals surface area contributed by atoms with Gasteiger partial charge in [0.05, 0.1) is 17.0 Å². The molecule has 0 aliphatic heterocycles.